The van der Waals surface area contributed by atoms with Gasteiger partial charge in [0.1, 0.15) is 13.2 Å². The fourth-order valence-electron chi connectivity index (χ4n) is 3.12. The number of rotatable bonds is 2. The van der Waals surface area contributed by atoms with E-state index in [1.807, 2.05) is 19.1 Å². The Balaban J connectivity index is 1.74. The minimum Gasteiger partial charge on any atom is -0.486 e. The van der Waals surface area contributed by atoms with Gasteiger partial charge in [-0.3, -0.25) is 4.79 Å². The van der Waals surface area contributed by atoms with E-state index in [4.69, 9.17) is 9.47 Å². The normalized spacial score (nSPS) is 18.9. The third kappa shape index (κ3) is 3.31. The Bertz CT molecular complexity index is 519. The molecule has 3 rings (SSSR count). The molecular formula is C17H23NO3. The number of fused-ring (bicyclic) bond motifs is 1. The second kappa shape index (κ2) is 6.37. The van der Waals surface area contributed by atoms with Crippen molar-refractivity contribution in [3.63, 3.8) is 0 Å². The van der Waals surface area contributed by atoms with Crippen molar-refractivity contribution in [3.05, 3.63) is 23.3 Å². The lowest BCUT2D eigenvalue weighted by Crippen LogP contribution is -2.34. The highest BCUT2D eigenvalue weighted by Crippen LogP contribution is 2.33. The van der Waals surface area contributed by atoms with Crippen molar-refractivity contribution in [1.29, 1.82) is 0 Å². The van der Waals surface area contributed by atoms with Gasteiger partial charge in [-0.25, -0.2) is 0 Å². The van der Waals surface area contributed by atoms with Crippen LogP contribution in [0.4, 0.5) is 0 Å². The summed E-state index contributed by atoms with van der Waals surface area (Å²) in [6, 6.07) is 4.03. The fourth-order valence-corrected chi connectivity index (χ4v) is 3.12. The Hall–Kier alpha value is -1.71. The van der Waals surface area contributed by atoms with Crippen molar-refractivity contribution >= 4 is 5.91 Å². The minimum absolute atomic E-state index is 0.0105. The molecule has 1 amide bonds. The lowest BCUT2D eigenvalue weighted by molar-refractivity contribution is 0.0931. The lowest BCUT2D eigenvalue weighted by Gasteiger charge is -2.21. The Morgan fingerprint density at radius 3 is 2.33 bits per heavy atom. The average Bonchev–Trinajstić information content (AvgIpc) is 2.75. The number of hydrogen-bond donors (Lipinski definition) is 1. The second-order valence-corrected chi connectivity index (χ2v) is 5.97. The third-order valence-electron chi connectivity index (χ3n) is 4.32. The van der Waals surface area contributed by atoms with Gasteiger partial charge in [0.2, 0.25) is 0 Å². The zero-order valence-electron chi connectivity index (χ0n) is 12.6. The van der Waals surface area contributed by atoms with Crippen LogP contribution >= 0.6 is 0 Å². The number of nitrogens with one attached hydrogen (secondary N) is 1. The summed E-state index contributed by atoms with van der Waals surface area (Å²) >= 11 is 0. The van der Waals surface area contributed by atoms with Crippen molar-refractivity contribution in [1.82, 2.24) is 5.32 Å². The van der Waals surface area contributed by atoms with Crippen molar-refractivity contribution in [3.8, 4) is 11.5 Å². The van der Waals surface area contributed by atoms with Gasteiger partial charge in [-0.05, 0) is 37.5 Å². The van der Waals surface area contributed by atoms with Gasteiger partial charge in [0.05, 0.1) is 0 Å². The van der Waals surface area contributed by atoms with Crippen molar-refractivity contribution in [2.75, 3.05) is 13.2 Å². The quantitative estimate of drug-likeness (QED) is 0.850. The third-order valence-corrected chi connectivity index (χ3v) is 4.32. The van der Waals surface area contributed by atoms with Crippen molar-refractivity contribution in [2.24, 2.45) is 0 Å². The average molecular weight is 289 g/mol. The van der Waals surface area contributed by atoms with E-state index in [1.165, 1.54) is 25.7 Å². The summed E-state index contributed by atoms with van der Waals surface area (Å²) in [5, 5.41) is 3.19. The van der Waals surface area contributed by atoms with Gasteiger partial charge < -0.3 is 14.8 Å². The zero-order valence-corrected chi connectivity index (χ0v) is 12.6. The summed E-state index contributed by atoms with van der Waals surface area (Å²) in [6.45, 7) is 3.06. The summed E-state index contributed by atoms with van der Waals surface area (Å²) in [7, 11) is 0. The molecule has 0 radical (unpaired) electrons. The van der Waals surface area contributed by atoms with E-state index in [0.29, 0.717) is 30.6 Å². The molecule has 1 saturated carbocycles. The second-order valence-electron chi connectivity index (χ2n) is 5.97. The largest absolute Gasteiger partial charge is 0.486 e. The summed E-state index contributed by atoms with van der Waals surface area (Å²) in [5.41, 5.74) is 1.63. The van der Waals surface area contributed by atoms with Gasteiger partial charge in [0, 0.05) is 11.6 Å². The van der Waals surface area contributed by atoms with E-state index >= 15 is 0 Å². The van der Waals surface area contributed by atoms with Crippen LogP contribution in [-0.4, -0.2) is 25.2 Å². The molecule has 4 heteroatoms. The van der Waals surface area contributed by atoms with Crippen LogP contribution in [0.15, 0.2) is 12.1 Å². The minimum atomic E-state index is 0.0105. The van der Waals surface area contributed by atoms with Crippen LogP contribution in [0.25, 0.3) is 0 Å². The van der Waals surface area contributed by atoms with Gasteiger partial charge in [0.25, 0.3) is 5.91 Å². The highest BCUT2D eigenvalue weighted by Gasteiger charge is 2.20. The van der Waals surface area contributed by atoms with Crippen LogP contribution < -0.4 is 14.8 Å². The van der Waals surface area contributed by atoms with Gasteiger partial charge in [0.15, 0.2) is 11.5 Å². The monoisotopic (exact) mass is 289 g/mol. The molecule has 0 spiro atoms. The van der Waals surface area contributed by atoms with Crippen LogP contribution in [0.2, 0.25) is 0 Å². The van der Waals surface area contributed by atoms with Crippen LogP contribution in [0.1, 0.15) is 54.4 Å². The predicted molar refractivity (Wildman–Crippen MR) is 81.1 cm³/mol. The first-order valence-electron chi connectivity index (χ1n) is 7.95. The van der Waals surface area contributed by atoms with E-state index in [0.717, 1.165) is 24.2 Å². The molecule has 1 aliphatic carbocycles. The van der Waals surface area contributed by atoms with E-state index in [-0.39, 0.29) is 5.91 Å². The highest BCUT2D eigenvalue weighted by atomic mass is 16.6. The van der Waals surface area contributed by atoms with Crippen LogP contribution in [0.5, 0.6) is 11.5 Å². The maximum Gasteiger partial charge on any atom is 0.251 e. The molecule has 0 bridgehead atoms. The molecule has 1 N–H and O–H groups in total. The molecule has 1 heterocycles. The number of ether oxygens (including phenoxy) is 2. The SMILES string of the molecule is Cc1cc2c(cc1C(=O)NC1CCCCCC1)OCCO2. The van der Waals surface area contributed by atoms with Crippen LogP contribution in [0, 0.1) is 6.92 Å². The highest BCUT2D eigenvalue weighted by molar-refractivity contribution is 5.96. The van der Waals surface area contributed by atoms with Crippen LogP contribution in [-0.2, 0) is 0 Å². The molecule has 1 aromatic carbocycles. The summed E-state index contributed by atoms with van der Waals surface area (Å²) in [6.07, 6.45) is 7.19. The summed E-state index contributed by atoms with van der Waals surface area (Å²) in [4.78, 5) is 12.5. The number of hydrogen-bond acceptors (Lipinski definition) is 3. The lowest BCUT2D eigenvalue weighted by atomic mass is 10.0. The number of carbonyl (C=O) groups excluding carboxylic acids is 1. The molecule has 0 aromatic heterocycles. The van der Waals surface area contributed by atoms with E-state index in [9.17, 15) is 4.79 Å². The number of amides is 1. The number of carbonyl (C=O) groups is 1. The maximum atomic E-state index is 12.5. The molecule has 1 aromatic rings. The zero-order chi connectivity index (χ0) is 14.7. The van der Waals surface area contributed by atoms with Gasteiger partial charge in [-0.15, -0.1) is 0 Å². The van der Waals surface area contributed by atoms with Gasteiger partial charge in [-0.2, -0.15) is 0 Å². The molecule has 0 atom stereocenters. The standard InChI is InChI=1S/C17H23NO3/c1-12-10-15-16(21-9-8-20-15)11-14(12)17(19)18-13-6-4-2-3-5-7-13/h10-11,13H,2-9H2,1H3,(H,18,19). The summed E-state index contributed by atoms with van der Waals surface area (Å²) in [5.74, 6) is 1.43. The molecule has 0 saturated heterocycles. The maximum absolute atomic E-state index is 12.5. The smallest absolute Gasteiger partial charge is 0.251 e. The number of benzene rings is 1. The predicted octanol–water partition coefficient (Wildman–Crippen LogP) is 3.22. The fraction of sp³-hybridized carbons (Fsp3) is 0.588. The Labute approximate surface area is 125 Å². The molecule has 1 aliphatic heterocycles. The first-order chi connectivity index (χ1) is 10.2. The van der Waals surface area contributed by atoms with Crippen molar-refractivity contribution in [2.45, 2.75) is 51.5 Å². The molecule has 1 fully saturated rings. The van der Waals surface area contributed by atoms with E-state index in [1.54, 1.807) is 0 Å². The van der Waals surface area contributed by atoms with Gasteiger partial charge >= 0.3 is 0 Å². The van der Waals surface area contributed by atoms with Crippen molar-refractivity contribution < 1.29 is 14.3 Å². The Kier molecular flexibility index (Phi) is 4.32. The molecular weight excluding hydrogens is 266 g/mol. The topological polar surface area (TPSA) is 47.6 Å². The molecule has 0 unspecified atom stereocenters. The Morgan fingerprint density at radius 2 is 1.67 bits per heavy atom. The molecule has 2 aliphatic rings. The molecule has 21 heavy (non-hydrogen) atoms. The first-order valence-corrected chi connectivity index (χ1v) is 7.95. The first kappa shape index (κ1) is 14.2. The van der Waals surface area contributed by atoms with Gasteiger partial charge in [-0.1, -0.05) is 25.7 Å². The summed E-state index contributed by atoms with van der Waals surface area (Å²) < 4.78 is 11.1. The van der Waals surface area contributed by atoms with Crippen LogP contribution in [0.3, 0.4) is 0 Å². The van der Waals surface area contributed by atoms with E-state index in [2.05, 4.69) is 5.32 Å². The number of aryl methyl sites for hydroxylation is 1. The van der Waals surface area contributed by atoms with E-state index < -0.39 is 0 Å². The Morgan fingerprint density at radius 1 is 1.05 bits per heavy atom. The molecule has 4 nitrogen and oxygen atoms in total. The molecule has 114 valence electrons.